The van der Waals surface area contributed by atoms with E-state index in [2.05, 4.69) is 5.32 Å². The van der Waals surface area contributed by atoms with Crippen molar-refractivity contribution in [1.82, 2.24) is 4.31 Å². The predicted molar refractivity (Wildman–Crippen MR) is 101 cm³/mol. The number of hydrogen-bond donors (Lipinski definition) is 2. The summed E-state index contributed by atoms with van der Waals surface area (Å²) in [5.41, 5.74) is 6.13. The van der Waals surface area contributed by atoms with Crippen LogP contribution in [0.15, 0.2) is 35.2 Å². The van der Waals surface area contributed by atoms with Crippen LogP contribution in [0.5, 0.6) is 0 Å². The molecule has 2 aromatic rings. The van der Waals surface area contributed by atoms with Crippen LogP contribution in [0.4, 0.5) is 11.4 Å². The molecule has 25 heavy (non-hydrogen) atoms. The molecule has 0 atom stereocenters. The maximum atomic E-state index is 12.5. The number of benzene rings is 2. The average molecular weight is 423 g/mol. The van der Waals surface area contributed by atoms with Crippen LogP contribution in [-0.2, 0) is 10.0 Å². The number of amides is 1. The molecule has 2 rings (SSSR count). The van der Waals surface area contributed by atoms with Crippen molar-refractivity contribution >= 4 is 62.1 Å². The van der Waals surface area contributed by atoms with Crippen molar-refractivity contribution in [3.05, 3.63) is 51.0 Å². The Bertz CT molecular complexity index is 923. The number of nitrogens with two attached hydrogens (primary N) is 1. The number of carbonyl (C=O) groups excluding carboxylic acids is 1. The Labute approximate surface area is 160 Å². The third kappa shape index (κ3) is 4.19. The first-order chi connectivity index (χ1) is 11.5. The van der Waals surface area contributed by atoms with Gasteiger partial charge in [0.25, 0.3) is 5.91 Å². The highest BCUT2D eigenvalue weighted by molar-refractivity contribution is 7.89. The molecule has 0 aliphatic carbocycles. The lowest BCUT2D eigenvalue weighted by molar-refractivity contribution is 0.102. The number of halogens is 3. The number of rotatable bonds is 4. The van der Waals surface area contributed by atoms with E-state index in [1.54, 1.807) is 0 Å². The molecule has 0 aliphatic heterocycles. The van der Waals surface area contributed by atoms with Gasteiger partial charge >= 0.3 is 0 Å². The Morgan fingerprint density at radius 2 is 1.60 bits per heavy atom. The van der Waals surface area contributed by atoms with Gasteiger partial charge in [-0.25, -0.2) is 12.7 Å². The van der Waals surface area contributed by atoms with Gasteiger partial charge in [0, 0.05) is 19.8 Å². The van der Waals surface area contributed by atoms with Gasteiger partial charge in [-0.05, 0) is 30.3 Å². The third-order valence-electron chi connectivity index (χ3n) is 3.30. The Balaban J connectivity index is 2.40. The fourth-order valence-electron chi connectivity index (χ4n) is 1.90. The first-order valence-corrected chi connectivity index (χ1v) is 9.39. The van der Waals surface area contributed by atoms with Gasteiger partial charge < -0.3 is 11.1 Å². The van der Waals surface area contributed by atoms with Gasteiger partial charge in [0.15, 0.2) is 0 Å². The smallest absolute Gasteiger partial charge is 0.257 e. The van der Waals surface area contributed by atoms with Crippen LogP contribution >= 0.6 is 34.8 Å². The maximum Gasteiger partial charge on any atom is 0.257 e. The normalized spacial score (nSPS) is 11.6. The molecule has 0 spiro atoms. The maximum absolute atomic E-state index is 12.5. The van der Waals surface area contributed by atoms with Gasteiger partial charge in [0.1, 0.15) is 0 Å². The minimum atomic E-state index is -3.71. The molecule has 2 aromatic carbocycles. The van der Waals surface area contributed by atoms with Crippen molar-refractivity contribution in [2.75, 3.05) is 25.1 Å². The van der Waals surface area contributed by atoms with Crippen LogP contribution in [0.2, 0.25) is 15.1 Å². The molecule has 1 amide bonds. The molecule has 0 unspecified atom stereocenters. The second-order valence-corrected chi connectivity index (χ2v) is 8.61. The summed E-state index contributed by atoms with van der Waals surface area (Å²) in [6.07, 6.45) is 0. The number of nitrogens with one attached hydrogen (secondary N) is 1. The topological polar surface area (TPSA) is 92.5 Å². The molecule has 0 radical (unpaired) electrons. The van der Waals surface area contributed by atoms with Crippen molar-refractivity contribution < 1.29 is 13.2 Å². The molecule has 0 fully saturated rings. The number of nitrogens with zero attached hydrogens (tertiary/aromatic N) is 1. The lowest BCUT2D eigenvalue weighted by atomic mass is 10.2. The Kier molecular flexibility index (Phi) is 5.86. The lowest BCUT2D eigenvalue weighted by Gasteiger charge is -2.13. The summed E-state index contributed by atoms with van der Waals surface area (Å²) in [5.74, 6) is -0.613. The molecule has 10 heteroatoms. The lowest BCUT2D eigenvalue weighted by Crippen LogP contribution is -2.23. The summed E-state index contributed by atoms with van der Waals surface area (Å²) < 4.78 is 25.5. The highest BCUT2D eigenvalue weighted by Crippen LogP contribution is 2.31. The molecule has 3 N–H and O–H groups in total. The molecule has 0 saturated carbocycles. The molecule has 0 aromatic heterocycles. The van der Waals surface area contributed by atoms with Crippen LogP contribution < -0.4 is 11.1 Å². The zero-order valence-corrected chi connectivity index (χ0v) is 16.3. The molecule has 134 valence electrons. The fourth-order valence-corrected chi connectivity index (χ4v) is 3.52. The number of anilines is 2. The Morgan fingerprint density at radius 1 is 1.04 bits per heavy atom. The van der Waals surface area contributed by atoms with E-state index in [4.69, 9.17) is 40.5 Å². The molecule has 0 heterocycles. The zero-order valence-electron chi connectivity index (χ0n) is 13.2. The van der Waals surface area contributed by atoms with Gasteiger partial charge in [-0.3, -0.25) is 4.79 Å². The van der Waals surface area contributed by atoms with Crippen molar-refractivity contribution in [3.63, 3.8) is 0 Å². The molecular formula is C15H14Cl3N3O3S. The minimum absolute atomic E-state index is 0.00587. The molecule has 6 nitrogen and oxygen atoms in total. The standard InChI is InChI=1S/C15H14Cl3N3O3S/c1-21(2)25(23,24)9-3-4-11(16)10(7-9)15(22)20-8-5-12(17)14(19)13(18)6-8/h3-7H,19H2,1-2H3,(H,20,22). The summed E-state index contributed by atoms with van der Waals surface area (Å²) >= 11 is 17.9. The Hall–Kier alpha value is -1.51. The van der Waals surface area contributed by atoms with Gasteiger partial charge in [0.05, 0.1) is 31.2 Å². The van der Waals surface area contributed by atoms with Gasteiger partial charge in [-0.2, -0.15) is 0 Å². The van der Waals surface area contributed by atoms with Crippen LogP contribution in [-0.4, -0.2) is 32.7 Å². The molecule has 0 saturated heterocycles. The van der Waals surface area contributed by atoms with Gasteiger partial charge in [0.2, 0.25) is 10.0 Å². The molecular weight excluding hydrogens is 409 g/mol. The number of sulfonamides is 1. The average Bonchev–Trinajstić information content (AvgIpc) is 2.52. The minimum Gasteiger partial charge on any atom is -0.396 e. The van der Waals surface area contributed by atoms with Crippen molar-refractivity contribution in [3.8, 4) is 0 Å². The van der Waals surface area contributed by atoms with E-state index < -0.39 is 15.9 Å². The third-order valence-corrected chi connectivity index (χ3v) is 6.06. The van der Waals surface area contributed by atoms with E-state index in [1.807, 2.05) is 0 Å². The summed E-state index contributed by atoms with van der Waals surface area (Å²) in [5, 5.41) is 3.02. The second kappa shape index (κ2) is 7.39. The van der Waals surface area contributed by atoms with Gasteiger partial charge in [-0.1, -0.05) is 34.8 Å². The van der Waals surface area contributed by atoms with E-state index in [-0.39, 0.29) is 31.2 Å². The fraction of sp³-hybridized carbons (Fsp3) is 0.133. The highest BCUT2D eigenvalue weighted by Gasteiger charge is 2.21. The highest BCUT2D eigenvalue weighted by atomic mass is 35.5. The number of carbonyl (C=O) groups is 1. The first kappa shape index (κ1) is 19.8. The second-order valence-electron chi connectivity index (χ2n) is 5.24. The van der Waals surface area contributed by atoms with E-state index in [9.17, 15) is 13.2 Å². The van der Waals surface area contributed by atoms with Crippen LogP contribution in [0, 0.1) is 0 Å². The van der Waals surface area contributed by atoms with Gasteiger partial charge in [-0.15, -0.1) is 0 Å². The Morgan fingerprint density at radius 3 is 2.12 bits per heavy atom. The molecule has 0 aliphatic rings. The van der Waals surface area contributed by atoms with Crippen molar-refractivity contribution in [1.29, 1.82) is 0 Å². The van der Waals surface area contributed by atoms with Crippen LogP contribution in [0.25, 0.3) is 0 Å². The van der Waals surface area contributed by atoms with Crippen molar-refractivity contribution in [2.45, 2.75) is 4.90 Å². The quantitative estimate of drug-likeness (QED) is 0.734. The summed E-state index contributed by atoms with van der Waals surface area (Å²) in [4.78, 5) is 12.4. The number of nitrogen functional groups attached to an aromatic ring is 1. The largest absolute Gasteiger partial charge is 0.396 e. The summed E-state index contributed by atoms with van der Waals surface area (Å²) in [6.45, 7) is 0. The van der Waals surface area contributed by atoms with E-state index in [0.29, 0.717) is 5.69 Å². The van der Waals surface area contributed by atoms with Crippen LogP contribution in [0.1, 0.15) is 10.4 Å². The van der Waals surface area contributed by atoms with Crippen LogP contribution in [0.3, 0.4) is 0 Å². The van der Waals surface area contributed by atoms with Crippen molar-refractivity contribution in [2.24, 2.45) is 0 Å². The van der Waals surface area contributed by atoms with E-state index in [0.717, 1.165) is 4.31 Å². The number of hydrogen-bond acceptors (Lipinski definition) is 4. The summed E-state index contributed by atoms with van der Waals surface area (Å²) in [7, 11) is -0.924. The first-order valence-electron chi connectivity index (χ1n) is 6.82. The van der Waals surface area contributed by atoms with E-state index in [1.165, 1.54) is 44.4 Å². The zero-order chi connectivity index (χ0) is 18.9. The van der Waals surface area contributed by atoms with E-state index >= 15 is 0 Å². The molecule has 0 bridgehead atoms. The monoisotopic (exact) mass is 421 g/mol. The SMILES string of the molecule is CN(C)S(=O)(=O)c1ccc(Cl)c(C(=O)Nc2cc(Cl)c(N)c(Cl)c2)c1. The summed E-state index contributed by atoms with van der Waals surface area (Å²) in [6, 6.07) is 6.72. The predicted octanol–water partition coefficient (Wildman–Crippen LogP) is 3.73.